The minimum Gasteiger partial charge on any atom is -0.486 e. The minimum atomic E-state index is -0.107. The Bertz CT molecular complexity index is 594. The smallest absolute Gasteiger partial charge is 0.169 e. The molecule has 0 fully saturated rings. The third kappa shape index (κ3) is 2.57. The number of aryl methyl sites for hydroxylation is 1. The first kappa shape index (κ1) is 12.9. The Labute approximate surface area is 119 Å². The van der Waals surface area contributed by atoms with Crippen LogP contribution < -0.4 is 14.2 Å². The van der Waals surface area contributed by atoms with Gasteiger partial charge < -0.3 is 14.2 Å². The molecule has 0 amide bonds. The Morgan fingerprint density at radius 1 is 1.05 bits per heavy atom. The van der Waals surface area contributed by atoms with Crippen LogP contribution in [0.3, 0.4) is 0 Å². The van der Waals surface area contributed by atoms with Gasteiger partial charge in [0.05, 0.1) is 0 Å². The van der Waals surface area contributed by atoms with E-state index < -0.39 is 0 Å². The van der Waals surface area contributed by atoms with Crippen molar-refractivity contribution in [3.8, 4) is 17.2 Å². The molecule has 0 saturated carbocycles. The molecular formula is C17H18O3. The highest BCUT2D eigenvalue weighted by atomic mass is 16.6. The summed E-state index contributed by atoms with van der Waals surface area (Å²) in [6, 6.07) is 15.7. The van der Waals surface area contributed by atoms with Crippen molar-refractivity contribution in [3.05, 3.63) is 54.1 Å². The van der Waals surface area contributed by atoms with E-state index in [1.54, 1.807) is 0 Å². The maximum Gasteiger partial charge on any atom is 0.169 e. The highest BCUT2D eigenvalue weighted by Crippen LogP contribution is 2.32. The number of hydrogen-bond acceptors (Lipinski definition) is 3. The molecule has 1 aliphatic heterocycles. The molecular weight excluding hydrogens is 252 g/mol. The van der Waals surface area contributed by atoms with Crippen molar-refractivity contribution in [3.63, 3.8) is 0 Å². The molecule has 2 unspecified atom stereocenters. The summed E-state index contributed by atoms with van der Waals surface area (Å²) in [6.07, 6.45) is -0.186. The SMILES string of the molecule is Cc1ccccc1OC(C)C1COc2ccccc2O1. The molecule has 0 aliphatic carbocycles. The van der Waals surface area contributed by atoms with E-state index in [2.05, 4.69) is 0 Å². The fourth-order valence-corrected chi connectivity index (χ4v) is 2.23. The van der Waals surface area contributed by atoms with Gasteiger partial charge in [-0.15, -0.1) is 0 Å². The van der Waals surface area contributed by atoms with Gasteiger partial charge in [0.15, 0.2) is 17.6 Å². The Hall–Kier alpha value is -2.16. The summed E-state index contributed by atoms with van der Waals surface area (Å²) in [4.78, 5) is 0. The normalized spacial score (nSPS) is 18.4. The van der Waals surface area contributed by atoms with Crippen LogP contribution in [0, 0.1) is 6.92 Å². The second-order valence-electron chi connectivity index (χ2n) is 5.00. The molecule has 2 aromatic carbocycles. The van der Waals surface area contributed by atoms with Crippen molar-refractivity contribution in [2.24, 2.45) is 0 Å². The molecule has 0 saturated heterocycles. The van der Waals surface area contributed by atoms with Crippen molar-refractivity contribution < 1.29 is 14.2 Å². The van der Waals surface area contributed by atoms with Gasteiger partial charge in [0.25, 0.3) is 0 Å². The van der Waals surface area contributed by atoms with Gasteiger partial charge in [-0.2, -0.15) is 0 Å². The van der Waals surface area contributed by atoms with E-state index in [4.69, 9.17) is 14.2 Å². The highest BCUT2D eigenvalue weighted by molar-refractivity contribution is 5.41. The minimum absolute atomic E-state index is 0.0792. The molecule has 20 heavy (non-hydrogen) atoms. The van der Waals surface area contributed by atoms with E-state index in [1.165, 1.54) is 0 Å². The van der Waals surface area contributed by atoms with Crippen LogP contribution in [0.2, 0.25) is 0 Å². The van der Waals surface area contributed by atoms with E-state index in [1.807, 2.05) is 62.4 Å². The molecule has 0 radical (unpaired) electrons. The molecule has 3 rings (SSSR count). The Morgan fingerprint density at radius 3 is 2.55 bits per heavy atom. The van der Waals surface area contributed by atoms with Crippen LogP contribution in [-0.2, 0) is 0 Å². The average Bonchev–Trinajstić information content (AvgIpc) is 2.49. The van der Waals surface area contributed by atoms with Gasteiger partial charge in [0, 0.05) is 0 Å². The van der Waals surface area contributed by atoms with Crippen molar-refractivity contribution in [2.75, 3.05) is 6.61 Å². The van der Waals surface area contributed by atoms with Crippen molar-refractivity contribution in [1.29, 1.82) is 0 Å². The zero-order valence-corrected chi connectivity index (χ0v) is 11.7. The predicted octanol–water partition coefficient (Wildman–Crippen LogP) is 3.60. The first-order valence-electron chi connectivity index (χ1n) is 6.85. The Kier molecular flexibility index (Phi) is 3.50. The zero-order valence-electron chi connectivity index (χ0n) is 11.7. The van der Waals surface area contributed by atoms with Crippen LogP contribution in [0.15, 0.2) is 48.5 Å². The summed E-state index contributed by atoms with van der Waals surface area (Å²) >= 11 is 0. The van der Waals surface area contributed by atoms with E-state index in [-0.39, 0.29) is 12.2 Å². The molecule has 1 heterocycles. The molecule has 2 aromatic rings. The van der Waals surface area contributed by atoms with Crippen LogP contribution in [0.1, 0.15) is 12.5 Å². The van der Waals surface area contributed by atoms with Crippen LogP contribution in [0.25, 0.3) is 0 Å². The number of fused-ring (bicyclic) bond motifs is 1. The van der Waals surface area contributed by atoms with Gasteiger partial charge in [-0.05, 0) is 37.6 Å². The first-order chi connectivity index (χ1) is 9.74. The topological polar surface area (TPSA) is 27.7 Å². The lowest BCUT2D eigenvalue weighted by molar-refractivity contribution is 0.0108. The standard InChI is InChI=1S/C17H18O3/c1-12-7-3-4-8-14(12)19-13(2)17-11-18-15-9-5-6-10-16(15)20-17/h3-10,13,17H,11H2,1-2H3. The maximum absolute atomic E-state index is 5.99. The molecule has 104 valence electrons. The molecule has 0 spiro atoms. The maximum atomic E-state index is 5.99. The molecule has 0 bridgehead atoms. The average molecular weight is 270 g/mol. The summed E-state index contributed by atoms with van der Waals surface area (Å²) in [7, 11) is 0. The summed E-state index contributed by atoms with van der Waals surface area (Å²) in [5, 5.41) is 0. The second kappa shape index (κ2) is 5.45. The largest absolute Gasteiger partial charge is 0.486 e. The molecule has 1 aliphatic rings. The third-order valence-electron chi connectivity index (χ3n) is 3.46. The van der Waals surface area contributed by atoms with Gasteiger partial charge in [-0.3, -0.25) is 0 Å². The van der Waals surface area contributed by atoms with Crippen LogP contribution in [-0.4, -0.2) is 18.8 Å². The molecule has 0 aromatic heterocycles. The van der Waals surface area contributed by atoms with Gasteiger partial charge in [0.1, 0.15) is 18.5 Å². The van der Waals surface area contributed by atoms with Crippen LogP contribution in [0.5, 0.6) is 17.2 Å². The quantitative estimate of drug-likeness (QED) is 0.853. The number of hydrogen-bond donors (Lipinski definition) is 0. The highest BCUT2D eigenvalue weighted by Gasteiger charge is 2.27. The van der Waals surface area contributed by atoms with Crippen LogP contribution in [0.4, 0.5) is 0 Å². The van der Waals surface area contributed by atoms with Gasteiger partial charge in [-0.25, -0.2) is 0 Å². The zero-order chi connectivity index (χ0) is 13.9. The molecule has 2 atom stereocenters. The van der Waals surface area contributed by atoms with E-state index in [0.29, 0.717) is 6.61 Å². The van der Waals surface area contributed by atoms with Gasteiger partial charge >= 0.3 is 0 Å². The van der Waals surface area contributed by atoms with Gasteiger partial charge in [-0.1, -0.05) is 30.3 Å². The lowest BCUT2D eigenvalue weighted by Gasteiger charge is -2.30. The first-order valence-corrected chi connectivity index (χ1v) is 6.85. The number of para-hydroxylation sites is 3. The van der Waals surface area contributed by atoms with E-state index in [9.17, 15) is 0 Å². The monoisotopic (exact) mass is 270 g/mol. The fourth-order valence-electron chi connectivity index (χ4n) is 2.23. The summed E-state index contributed by atoms with van der Waals surface area (Å²) in [6.45, 7) is 4.55. The van der Waals surface area contributed by atoms with Gasteiger partial charge in [0.2, 0.25) is 0 Å². The molecule has 0 N–H and O–H groups in total. The van der Waals surface area contributed by atoms with Crippen molar-refractivity contribution in [2.45, 2.75) is 26.1 Å². The number of ether oxygens (including phenoxy) is 3. The van der Waals surface area contributed by atoms with Crippen LogP contribution >= 0.6 is 0 Å². The Balaban J connectivity index is 1.70. The fraction of sp³-hybridized carbons (Fsp3) is 0.294. The van der Waals surface area contributed by atoms with E-state index >= 15 is 0 Å². The third-order valence-corrected chi connectivity index (χ3v) is 3.46. The summed E-state index contributed by atoms with van der Waals surface area (Å²) in [5.74, 6) is 2.47. The molecule has 3 heteroatoms. The molecule has 3 nitrogen and oxygen atoms in total. The lowest BCUT2D eigenvalue weighted by Crippen LogP contribution is -2.41. The summed E-state index contributed by atoms with van der Waals surface area (Å²) in [5.41, 5.74) is 1.12. The second-order valence-corrected chi connectivity index (χ2v) is 5.00. The van der Waals surface area contributed by atoms with E-state index in [0.717, 1.165) is 22.8 Å². The van der Waals surface area contributed by atoms with Crippen molar-refractivity contribution >= 4 is 0 Å². The Morgan fingerprint density at radius 2 is 1.75 bits per heavy atom. The number of rotatable bonds is 3. The predicted molar refractivity (Wildman–Crippen MR) is 77.6 cm³/mol. The lowest BCUT2D eigenvalue weighted by atomic mass is 10.2. The summed E-state index contributed by atoms with van der Waals surface area (Å²) < 4.78 is 17.7. The number of benzene rings is 2. The van der Waals surface area contributed by atoms with Crippen molar-refractivity contribution in [1.82, 2.24) is 0 Å².